The van der Waals surface area contributed by atoms with E-state index in [1.807, 2.05) is 0 Å². The summed E-state index contributed by atoms with van der Waals surface area (Å²) in [7, 11) is 0. The fourth-order valence-electron chi connectivity index (χ4n) is 1.43. The number of hydrogen-bond acceptors (Lipinski definition) is 4. The number of nitrogen functional groups attached to an aromatic ring is 1. The van der Waals surface area contributed by atoms with Gasteiger partial charge in [0.15, 0.2) is 0 Å². The number of hydrogen-bond donors (Lipinski definition) is 1. The van der Waals surface area contributed by atoms with Gasteiger partial charge in [-0.05, 0) is 12.3 Å². The second-order valence-electron chi connectivity index (χ2n) is 3.46. The number of thiazole rings is 1. The van der Waals surface area contributed by atoms with Crippen molar-refractivity contribution in [1.82, 2.24) is 4.98 Å². The summed E-state index contributed by atoms with van der Waals surface area (Å²) in [5.74, 6) is 0.900. The fraction of sp³-hybridized carbons (Fsp3) is 0.667. The minimum Gasteiger partial charge on any atom is -0.470 e. The lowest BCUT2D eigenvalue weighted by Crippen LogP contribution is -2.14. The summed E-state index contributed by atoms with van der Waals surface area (Å²) in [4.78, 5) is 4.03. The lowest BCUT2D eigenvalue weighted by molar-refractivity contribution is 0.221. The second kappa shape index (κ2) is 3.96. The molecule has 0 radical (unpaired) electrons. The van der Waals surface area contributed by atoms with Crippen LogP contribution >= 0.6 is 11.3 Å². The van der Waals surface area contributed by atoms with Crippen molar-refractivity contribution in [3.05, 3.63) is 6.20 Å². The highest BCUT2D eigenvalue weighted by Gasteiger charge is 2.16. The number of nitrogens with zero attached hydrogens (tertiary/aromatic N) is 1. The highest BCUT2D eigenvalue weighted by molar-refractivity contribution is 7.17. The van der Waals surface area contributed by atoms with Gasteiger partial charge in [0.1, 0.15) is 5.00 Å². The monoisotopic (exact) mass is 198 g/mol. The summed E-state index contributed by atoms with van der Waals surface area (Å²) in [6.45, 7) is 0.789. The Morgan fingerprint density at radius 3 is 3.00 bits per heavy atom. The van der Waals surface area contributed by atoms with Gasteiger partial charge in [-0.1, -0.05) is 30.6 Å². The Bertz CT molecular complexity index is 270. The van der Waals surface area contributed by atoms with Gasteiger partial charge < -0.3 is 10.5 Å². The third kappa shape index (κ3) is 2.34. The topological polar surface area (TPSA) is 48.1 Å². The number of nitrogens with two attached hydrogens (primary N) is 1. The lowest BCUT2D eigenvalue weighted by Gasteiger charge is -2.24. The molecular formula is C9H14N2OS. The molecule has 0 spiro atoms. The van der Waals surface area contributed by atoms with Gasteiger partial charge >= 0.3 is 0 Å². The Hall–Kier alpha value is -0.770. The molecule has 13 heavy (non-hydrogen) atoms. The molecular weight excluding hydrogens is 184 g/mol. The minimum atomic E-state index is 0.705. The van der Waals surface area contributed by atoms with E-state index in [1.54, 1.807) is 6.20 Å². The summed E-state index contributed by atoms with van der Waals surface area (Å²) in [6, 6.07) is 0. The highest BCUT2D eigenvalue weighted by atomic mass is 32.1. The van der Waals surface area contributed by atoms with Crippen LogP contribution in [0.15, 0.2) is 6.20 Å². The average Bonchev–Trinajstić information content (AvgIpc) is 2.42. The van der Waals surface area contributed by atoms with E-state index in [0.29, 0.717) is 5.19 Å². The zero-order valence-electron chi connectivity index (χ0n) is 7.53. The van der Waals surface area contributed by atoms with Crippen LogP contribution in [-0.2, 0) is 0 Å². The van der Waals surface area contributed by atoms with E-state index < -0.39 is 0 Å². The van der Waals surface area contributed by atoms with Crippen LogP contribution in [0.25, 0.3) is 0 Å². The smallest absolute Gasteiger partial charge is 0.275 e. The van der Waals surface area contributed by atoms with Crippen molar-refractivity contribution in [3.63, 3.8) is 0 Å². The standard InChI is InChI=1S/C9H14N2OS/c10-8-6-11-9(13-8)12-5-4-7-2-1-3-7/h6-7H,1-5,10H2. The first-order valence-corrected chi connectivity index (χ1v) is 5.50. The molecule has 1 fully saturated rings. The van der Waals surface area contributed by atoms with Crippen molar-refractivity contribution >= 4 is 16.3 Å². The van der Waals surface area contributed by atoms with Gasteiger partial charge in [0.05, 0.1) is 12.8 Å². The predicted octanol–water partition coefficient (Wildman–Crippen LogP) is 2.29. The Morgan fingerprint density at radius 2 is 2.46 bits per heavy atom. The fourth-order valence-corrected chi connectivity index (χ4v) is 1.99. The first-order valence-electron chi connectivity index (χ1n) is 4.68. The minimum absolute atomic E-state index is 0.705. The summed E-state index contributed by atoms with van der Waals surface area (Å²) < 4.78 is 5.46. The normalized spacial score (nSPS) is 16.9. The highest BCUT2D eigenvalue weighted by Crippen LogP contribution is 2.30. The van der Waals surface area contributed by atoms with Gasteiger partial charge in [-0.2, -0.15) is 0 Å². The molecule has 0 bridgehead atoms. The molecule has 0 unspecified atom stereocenters. The average molecular weight is 198 g/mol. The van der Waals surface area contributed by atoms with E-state index in [-0.39, 0.29) is 0 Å². The number of rotatable bonds is 4. The van der Waals surface area contributed by atoms with Crippen molar-refractivity contribution in [3.8, 4) is 5.19 Å². The van der Waals surface area contributed by atoms with E-state index in [0.717, 1.165) is 17.5 Å². The summed E-state index contributed by atoms with van der Waals surface area (Å²) >= 11 is 1.41. The quantitative estimate of drug-likeness (QED) is 0.807. The van der Waals surface area contributed by atoms with E-state index >= 15 is 0 Å². The number of ether oxygens (including phenoxy) is 1. The lowest BCUT2D eigenvalue weighted by atomic mass is 9.83. The predicted molar refractivity (Wildman–Crippen MR) is 54.0 cm³/mol. The van der Waals surface area contributed by atoms with Gasteiger partial charge in [0.2, 0.25) is 0 Å². The first-order chi connectivity index (χ1) is 6.34. The van der Waals surface area contributed by atoms with Crippen LogP contribution < -0.4 is 10.5 Å². The van der Waals surface area contributed by atoms with Crippen molar-refractivity contribution in [2.24, 2.45) is 5.92 Å². The van der Waals surface area contributed by atoms with Gasteiger partial charge in [0.25, 0.3) is 5.19 Å². The van der Waals surface area contributed by atoms with Crippen LogP contribution in [-0.4, -0.2) is 11.6 Å². The number of anilines is 1. The third-order valence-corrected chi connectivity index (χ3v) is 3.22. The van der Waals surface area contributed by atoms with Crippen LogP contribution in [0.3, 0.4) is 0 Å². The molecule has 2 N–H and O–H groups in total. The Kier molecular flexibility index (Phi) is 2.68. The Labute approximate surface area is 81.9 Å². The van der Waals surface area contributed by atoms with Crippen LogP contribution in [0.1, 0.15) is 25.7 Å². The summed E-state index contributed by atoms with van der Waals surface area (Å²) in [6.07, 6.45) is 6.96. The zero-order chi connectivity index (χ0) is 9.10. The molecule has 1 heterocycles. The molecule has 1 aliphatic rings. The van der Waals surface area contributed by atoms with Gasteiger partial charge in [-0.3, -0.25) is 0 Å². The van der Waals surface area contributed by atoms with E-state index in [2.05, 4.69) is 4.98 Å². The second-order valence-corrected chi connectivity index (χ2v) is 4.49. The molecule has 4 heteroatoms. The van der Waals surface area contributed by atoms with Crippen LogP contribution in [0.5, 0.6) is 5.19 Å². The maximum atomic E-state index is 5.52. The van der Waals surface area contributed by atoms with Gasteiger partial charge in [0, 0.05) is 0 Å². The molecule has 0 saturated heterocycles. The van der Waals surface area contributed by atoms with Crippen molar-refractivity contribution in [2.45, 2.75) is 25.7 Å². The molecule has 0 amide bonds. The SMILES string of the molecule is Nc1cnc(OCCC2CCC2)s1. The maximum absolute atomic E-state index is 5.52. The largest absolute Gasteiger partial charge is 0.470 e. The zero-order valence-corrected chi connectivity index (χ0v) is 8.35. The molecule has 3 nitrogen and oxygen atoms in total. The number of aromatic nitrogens is 1. The summed E-state index contributed by atoms with van der Waals surface area (Å²) in [5, 5.41) is 1.43. The van der Waals surface area contributed by atoms with Crippen molar-refractivity contribution in [2.75, 3.05) is 12.3 Å². The molecule has 2 rings (SSSR count). The molecule has 0 aromatic carbocycles. The molecule has 1 aromatic heterocycles. The molecule has 72 valence electrons. The maximum Gasteiger partial charge on any atom is 0.275 e. The van der Waals surface area contributed by atoms with E-state index in [1.165, 1.54) is 37.0 Å². The van der Waals surface area contributed by atoms with Crippen LogP contribution in [0.2, 0.25) is 0 Å². The van der Waals surface area contributed by atoms with Crippen molar-refractivity contribution < 1.29 is 4.74 Å². The summed E-state index contributed by atoms with van der Waals surface area (Å²) in [5.41, 5.74) is 5.52. The Morgan fingerprint density at radius 1 is 1.62 bits per heavy atom. The molecule has 1 aliphatic carbocycles. The molecule has 0 aliphatic heterocycles. The van der Waals surface area contributed by atoms with Crippen LogP contribution in [0.4, 0.5) is 5.00 Å². The van der Waals surface area contributed by atoms with Crippen LogP contribution in [0, 0.1) is 5.92 Å². The first kappa shape index (κ1) is 8.81. The molecule has 1 aromatic rings. The Balaban J connectivity index is 1.67. The van der Waals surface area contributed by atoms with Gasteiger partial charge in [-0.15, -0.1) is 0 Å². The van der Waals surface area contributed by atoms with Crippen molar-refractivity contribution in [1.29, 1.82) is 0 Å². The third-order valence-electron chi connectivity index (χ3n) is 2.48. The molecule has 0 atom stereocenters. The van der Waals surface area contributed by atoms with E-state index in [9.17, 15) is 0 Å². The van der Waals surface area contributed by atoms with Gasteiger partial charge in [-0.25, -0.2) is 4.98 Å². The molecule has 1 saturated carbocycles. The van der Waals surface area contributed by atoms with E-state index in [4.69, 9.17) is 10.5 Å².